The molecule has 1 amide bonds. The molecule has 1 aromatic heterocycles. The summed E-state index contributed by atoms with van der Waals surface area (Å²) >= 11 is 0. The van der Waals surface area contributed by atoms with Crippen molar-refractivity contribution in [1.29, 1.82) is 0 Å². The van der Waals surface area contributed by atoms with Gasteiger partial charge in [-0.1, -0.05) is 42.5 Å². The van der Waals surface area contributed by atoms with Crippen LogP contribution in [0.4, 0.5) is 0 Å². The first kappa shape index (κ1) is 19.5. The Balaban J connectivity index is 1.45. The lowest BCUT2D eigenvalue weighted by Crippen LogP contribution is -2.39. The molecule has 0 atom stereocenters. The molecule has 0 bridgehead atoms. The van der Waals surface area contributed by atoms with Gasteiger partial charge in [0.2, 0.25) is 5.91 Å². The highest BCUT2D eigenvalue weighted by Crippen LogP contribution is 2.14. The SMILES string of the molecule is CCn1c(=O)n(CC(=O)N2CCCN(Cc3ccccc3)CC2)c2ccccc21. The Kier molecular flexibility index (Phi) is 5.81. The first-order valence-electron chi connectivity index (χ1n) is 10.4. The number of carbonyl (C=O) groups is 1. The Morgan fingerprint density at radius 1 is 0.862 bits per heavy atom. The molecule has 1 fully saturated rings. The third kappa shape index (κ3) is 4.12. The number of para-hydroxylation sites is 2. The summed E-state index contributed by atoms with van der Waals surface area (Å²) in [5.74, 6) is 0.0210. The summed E-state index contributed by atoms with van der Waals surface area (Å²) in [6.45, 7) is 6.84. The molecule has 6 heteroatoms. The molecule has 0 radical (unpaired) electrons. The van der Waals surface area contributed by atoms with E-state index in [0.717, 1.165) is 43.6 Å². The molecule has 6 nitrogen and oxygen atoms in total. The molecule has 0 unspecified atom stereocenters. The van der Waals surface area contributed by atoms with Gasteiger partial charge in [0.25, 0.3) is 0 Å². The predicted octanol–water partition coefficient (Wildman–Crippen LogP) is 2.56. The number of hydrogen-bond donors (Lipinski definition) is 0. The number of hydrogen-bond acceptors (Lipinski definition) is 3. The zero-order chi connectivity index (χ0) is 20.2. The molecule has 1 saturated heterocycles. The van der Waals surface area contributed by atoms with Crippen molar-refractivity contribution < 1.29 is 4.79 Å². The molecule has 152 valence electrons. The second-order valence-electron chi connectivity index (χ2n) is 7.60. The number of carbonyl (C=O) groups excluding carboxylic acids is 1. The molecule has 1 aliphatic heterocycles. The van der Waals surface area contributed by atoms with E-state index in [4.69, 9.17) is 0 Å². The van der Waals surface area contributed by atoms with Gasteiger partial charge in [0.05, 0.1) is 11.0 Å². The zero-order valence-electron chi connectivity index (χ0n) is 17.0. The van der Waals surface area contributed by atoms with Gasteiger partial charge in [-0.05, 0) is 31.0 Å². The molecule has 2 aromatic carbocycles. The number of amides is 1. The Bertz CT molecular complexity index is 1040. The van der Waals surface area contributed by atoms with Crippen LogP contribution in [0.1, 0.15) is 18.9 Å². The van der Waals surface area contributed by atoms with Crippen LogP contribution in [-0.4, -0.2) is 51.0 Å². The quantitative estimate of drug-likeness (QED) is 0.671. The first-order valence-corrected chi connectivity index (χ1v) is 10.4. The van der Waals surface area contributed by atoms with Gasteiger partial charge in [-0.2, -0.15) is 0 Å². The summed E-state index contributed by atoms with van der Waals surface area (Å²) in [5.41, 5.74) is 2.90. The number of imidazole rings is 1. The van der Waals surface area contributed by atoms with Gasteiger partial charge in [-0.25, -0.2) is 4.79 Å². The van der Waals surface area contributed by atoms with E-state index in [0.29, 0.717) is 13.1 Å². The third-order valence-corrected chi connectivity index (χ3v) is 5.72. The topological polar surface area (TPSA) is 50.5 Å². The van der Waals surface area contributed by atoms with E-state index in [2.05, 4.69) is 29.2 Å². The molecule has 0 aliphatic carbocycles. The molecule has 3 aromatic rings. The number of aryl methyl sites for hydroxylation is 1. The van der Waals surface area contributed by atoms with Crippen LogP contribution in [0, 0.1) is 0 Å². The van der Waals surface area contributed by atoms with Crippen molar-refractivity contribution in [3.8, 4) is 0 Å². The largest absolute Gasteiger partial charge is 0.340 e. The Morgan fingerprint density at radius 2 is 1.55 bits per heavy atom. The fourth-order valence-corrected chi connectivity index (χ4v) is 4.19. The number of rotatable bonds is 5. The number of benzene rings is 2. The second-order valence-corrected chi connectivity index (χ2v) is 7.60. The highest BCUT2D eigenvalue weighted by molar-refractivity contribution is 5.81. The van der Waals surface area contributed by atoms with E-state index in [-0.39, 0.29) is 18.1 Å². The fourth-order valence-electron chi connectivity index (χ4n) is 4.19. The average Bonchev–Trinajstić information content (AvgIpc) is 2.88. The van der Waals surface area contributed by atoms with Crippen molar-refractivity contribution >= 4 is 16.9 Å². The lowest BCUT2D eigenvalue weighted by Gasteiger charge is -2.22. The Labute approximate surface area is 171 Å². The zero-order valence-corrected chi connectivity index (χ0v) is 17.0. The van der Waals surface area contributed by atoms with E-state index in [1.54, 1.807) is 9.13 Å². The monoisotopic (exact) mass is 392 g/mol. The van der Waals surface area contributed by atoms with Crippen LogP contribution in [-0.2, 0) is 24.4 Å². The van der Waals surface area contributed by atoms with Crippen molar-refractivity contribution in [1.82, 2.24) is 18.9 Å². The highest BCUT2D eigenvalue weighted by Gasteiger charge is 2.21. The summed E-state index contributed by atoms with van der Waals surface area (Å²) < 4.78 is 3.35. The predicted molar refractivity (Wildman–Crippen MR) is 115 cm³/mol. The molecule has 0 N–H and O–H groups in total. The molecule has 0 saturated carbocycles. The van der Waals surface area contributed by atoms with Gasteiger partial charge in [0.1, 0.15) is 6.54 Å². The van der Waals surface area contributed by atoms with E-state index < -0.39 is 0 Å². The molecule has 1 aliphatic rings. The van der Waals surface area contributed by atoms with Gasteiger partial charge in [0, 0.05) is 39.3 Å². The third-order valence-electron chi connectivity index (χ3n) is 5.72. The van der Waals surface area contributed by atoms with Gasteiger partial charge < -0.3 is 4.90 Å². The number of fused-ring (bicyclic) bond motifs is 1. The lowest BCUT2D eigenvalue weighted by atomic mass is 10.2. The maximum absolute atomic E-state index is 13.0. The van der Waals surface area contributed by atoms with Crippen molar-refractivity contribution in [2.75, 3.05) is 26.2 Å². The summed E-state index contributed by atoms with van der Waals surface area (Å²) in [6.07, 6.45) is 0.949. The second kappa shape index (κ2) is 8.66. The average molecular weight is 393 g/mol. The van der Waals surface area contributed by atoms with Crippen LogP contribution in [0.25, 0.3) is 11.0 Å². The van der Waals surface area contributed by atoms with Gasteiger partial charge in [0.15, 0.2) is 0 Å². The maximum atomic E-state index is 13.0. The first-order chi connectivity index (χ1) is 14.2. The van der Waals surface area contributed by atoms with Crippen LogP contribution < -0.4 is 5.69 Å². The number of aromatic nitrogens is 2. The van der Waals surface area contributed by atoms with E-state index >= 15 is 0 Å². The molecular weight excluding hydrogens is 364 g/mol. The van der Waals surface area contributed by atoms with Crippen LogP contribution in [0.2, 0.25) is 0 Å². The fraction of sp³-hybridized carbons (Fsp3) is 0.391. The van der Waals surface area contributed by atoms with Crippen molar-refractivity contribution in [3.05, 3.63) is 70.6 Å². The summed E-state index contributed by atoms with van der Waals surface area (Å²) in [7, 11) is 0. The highest BCUT2D eigenvalue weighted by atomic mass is 16.2. The molecule has 2 heterocycles. The molecule has 29 heavy (non-hydrogen) atoms. The smallest absolute Gasteiger partial charge is 0.329 e. The van der Waals surface area contributed by atoms with Crippen LogP contribution in [0.15, 0.2) is 59.4 Å². The van der Waals surface area contributed by atoms with Crippen molar-refractivity contribution in [2.45, 2.75) is 33.0 Å². The van der Waals surface area contributed by atoms with Crippen molar-refractivity contribution in [2.24, 2.45) is 0 Å². The lowest BCUT2D eigenvalue weighted by molar-refractivity contribution is -0.131. The Hall–Kier alpha value is -2.86. The summed E-state index contributed by atoms with van der Waals surface area (Å²) in [4.78, 5) is 30.1. The molecule has 4 rings (SSSR count). The minimum absolute atomic E-state index is 0.0210. The summed E-state index contributed by atoms with van der Waals surface area (Å²) in [5, 5.41) is 0. The van der Waals surface area contributed by atoms with Crippen LogP contribution in [0.3, 0.4) is 0 Å². The summed E-state index contributed by atoms with van der Waals surface area (Å²) in [6, 6.07) is 18.1. The van der Waals surface area contributed by atoms with Gasteiger partial charge in [-0.15, -0.1) is 0 Å². The van der Waals surface area contributed by atoms with E-state index in [1.807, 2.05) is 42.2 Å². The maximum Gasteiger partial charge on any atom is 0.329 e. The van der Waals surface area contributed by atoms with Crippen LogP contribution >= 0.6 is 0 Å². The molecule has 0 spiro atoms. The van der Waals surface area contributed by atoms with Crippen molar-refractivity contribution in [3.63, 3.8) is 0 Å². The van der Waals surface area contributed by atoms with Crippen LogP contribution in [0.5, 0.6) is 0 Å². The van der Waals surface area contributed by atoms with Gasteiger partial charge >= 0.3 is 5.69 Å². The standard InChI is InChI=1S/C23H28N4O2/c1-2-26-20-11-6-7-12-21(20)27(23(26)29)18-22(28)25-14-8-13-24(15-16-25)17-19-9-4-3-5-10-19/h3-7,9-12H,2,8,13-18H2,1H3. The number of nitrogens with zero attached hydrogens (tertiary/aromatic N) is 4. The molecular formula is C23H28N4O2. The van der Waals surface area contributed by atoms with E-state index in [9.17, 15) is 9.59 Å². The minimum Gasteiger partial charge on any atom is -0.340 e. The Morgan fingerprint density at radius 3 is 2.28 bits per heavy atom. The van der Waals surface area contributed by atoms with E-state index in [1.165, 1.54) is 5.56 Å². The van der Waals surface area contributed by atoms with Gasteiger partial charge in [-0.3, -0.25) is 18.8 Å². The normalized spacial score (nSPS) is 15.6. The minimum atomic E-state index is -0.109.